The van der Waals surface area contributed by atoms with Crippen LogP contribution in [0.5, 0.6) is 5.75 Å². The molecule has 0 atom stereocenters. The van der Waals surface area contributed by atoms with Crippen molar-refractivity contribution in [3.63, 3.8) is 0 Å². The molecule has 0 aliphatic heterocycles. The van der Waals surface area contributed by atoms with E-state index in [2.05, 4.69) is 31.0 Å². The van der Waals surface area contributed by atoms with Gasteiger partial charge in [-0.15, -0.1) is 0 Å². The fourth-order valence-corrected chi connectivity index (χ4v) is 3.23. The van der Waals surface area contributed by atoms with Crippen LogP contribution in [0.2, 0.25) is 0 Å². The molecule has 0 amide bonds. The zero-order valence-corrected chi connectivity index (χ0v) is 17.6. The second kappa shape index (κ2) is 8.35. The smallest absolute Gasteiger partial charge is 0.160 e. The van der Waals surface area contributed by atoms with Crippen molar-refractivity contribution in [2.45, 2.75) is 34.6 Å². The fourth-order valence-electron chi connectivity index (χ4n) is 3.23. The van der Waals surface area contributed by atoms with Crippen molar-refractivity contribution in [2.24, 2.45) is 5.73 Å². The minimum absolute atomic E-state index is 0.0762. The third-order valence-electron chi connectivity index (χ3n) is 5.16. The van der Waals surface area contributed by atoms with E-state index in [1.807, 2.05) is 37.3 Å². The number of hydrogen-bond donors (Lipinski definition) is 2. The Balaban J connectivity index is 1.82. The van der Waals surface area contributed by atoms with Gasteiger partial charge in [-0.25, -0.2) is 4.98 Å². The van der Waals surface area contributed by atoms with Gasteiger partial charge in [0.15, 0.2) is 5.78 Å². The van der Waals surface area contributed by atoms with Crippen LogP contribution in [-0.2, 0) is 4.79 Å². The number of ketones is 1. The number of aromatic nitrogens is 2. The highest BCUT2D eigenvalue weighted by atomic mass is 16.5. The number of ether oxygens (including phenoxy) is 1. The normalized spacial score (nSPS) is 11.9. The summed E-state index contributed by atoms with van der Waals surface area (Å²) in [6.07, 6.45) is 0. The van der Waals surface area contributed by atoms with Crippen LogP contribution < -0.4 is 10.5 Å². The van der Waals surface area contributed by atoms with E-state index in [-0.39, 0.29) is 12.4 Å². The fraction of sp³-hybridized carbons (Fsp3) is 0.250. The maximum Gasteiger partial charge on any atom is 0.160 e. The van der Waals surface area contributed by atoms with E-state index in [0.29, 0.717) is 17.0 Å². The number of nitrogens with two attached hydrogens (primary N) is 1. The Hall–Kier alpha value is -3.34. The molecule has 0 fully saturated rings. The van der Waals surface area contributed by atoms with Gasteiger partial charge >= 0.3 is 0 Å². The number of allylic oxidation sites excluding steroid dienone is 1. The number of carbonyl (C=O) groups is 1. The molecule has 0 spiro atoms. The Kier molecular flexibility index (Phi) is 5.87. The summed E-state index contributed by atoms with van der Waals surface area (Å²) in [7, 11) is 0. The SMILES string of the molecule is CC(=O)/C(COc1ccc(-c2nc(-c3cccc(C)c3C)[nH]c2C)cc1)=C(/C)N. The van der Waals surface area contributed by atoms with Gasteiger partial charge in [0, 0.05) is 22.5 Å². The molecule has 0 saturated heterocycles. The average molecular weight is 389 g/mol. The van der Waals surface area contributed by atoms with E-state index >= 15 is 0 Å². The highest BCUT2D eigenvalue weighted by Crippen LogP contribution is 2.29. The maximum absolute atomic E-state index is 11.6. The highest BCUT2D eigenvalue weighted by molar-refractivity contribution is 5.94. The van der Waals surface area contributed by atoms with Crippen LogP contribution in [0.4, 0.5) is 0 Å². The van der Waals surface area contributed by atoms with Crippen LogP contribution in [0.3, 0.4) is 0 Å². The molecule has 3 N–H and O–H groups in total. The van der Waals surface area contributed by atoms with E-state index in [1.54, 1.807) is 6.92 Å². The van der Waals surface area contributed by atoms with Crippen molar-refractivity contribution >= 4 is 5.78 Å². The third kappa shape index (κ3) is 4.40. The zero-order valence-electron chi connectivity index (χ0n) is 17.6. The van der Waals surface area contributed by atoms with Crippen LogP contribution in [0, 0.1) is 20.8 Å². The van der Waals surface area contributed by atoms with Gasteiger partial charge in [0.2, 0.25) is 0 Å². The summed E-state index contributed by atoms with van der Waals surface area (Å²) in [5.74, 6) is 1.47. The Morgan fingerprint density at radius 2 is 1.76 bits per heavy atom. The molecule has 1 heterocycles. The summed E-state index contributed by atoms with van der Waals surface area (Å²) in [4.78, 5) is 19.9. The first-order valence-corrected chi connectivity index (χ1v) is 9.60. The summed E-state index contributed by atoms with van der Waals surface area (Å²) < 4.78 is 5.73. The number of aromatic amines is 1. The van der Waals surface area contributed by atoms with Gasteiger partial charge in [-0.05, 0) is 70.0 Å². The highest BCUT2D eigenvalue weighted by Gasteiger charge is 2.13. The van der Waals surface area contributed by atoms with E-state index in [4.69, 9.17) is 15.5 Å². The van der Waals surface area contributed by atoms with Crippen LogP contribution in [-0.4, -0.2) is 22.4 Å². The molecule has 0 aliphatic carbocycles. The molecule has 3 aromatic rings. The predicted octanol–water partition coefficient (Wildman–Crippen LogP) is 4.87. The van der Waals surface area contributed by atoms with Crippen LogP contribution >= 0.6 is 0 Å². The number of nitrogens with one attached hydrogen (secondary N) is 1. The Morgan fingerprint density at radius 3 is 2.38 bits per heavy atom. The maximum atomic E-state index is 11.6. The van der Waals surface area contributed by atoms with E-state index in [1.165, 1.54) is 18.1 Å². The minimum Gasteiger partial charge on any atom is -0.489 e. The Labute approximate surface area is 171 Å². The standard InChI is InChI=1S/C24H27N3O2/c1-14-7-6-8-21(15(14)2)24-26-17(4)23(27-24)19-9-11-20(12-10-19)29-13-22(16(3)25)18(5)28/h6-12H,13,25H2,1-5H3,(H,26,27)/b22-16-. The number of aryl methyl sites for hydroxylation is 2. The van der Waals surface area contributed by atoms with E-state index in [9.17, 15) is 4.79 Å². The minimum atomic E-state index is -0.0762. The van der Waals surface area contributed by atoms with Gasteiger partial charge in [0.05, 0.1) is 11.3 Å². The summed E-state index contributed by atoms with van der Waals surface area (Å²) >= 11 is 0. The molecule has 5 heteroatoms. The third-order valence-corrected chi connectivity index (χ3v) is 5.16. The molecule has 2 aromatic carbocycles. The molecule has 0 unspecified atom stereocenters. The van der Waals surface area contributed by atoms with Gasteiger partial charge in [-0.1, -0.05) is 18.2 Å². The number of nitrogens with zero attached hydrogens (tertiary/aromatic N) is 1. The van der Waals surface area contributed by atoms with Crippen LogP contribution in [0.1, 0.15) is 30.7 Å². The summed E-state index contributed by atoms with van der Waals surface area (Å²) in [5.41, 5.74) is 13.2. The summed E-state index contributed by atoms with van der Waals surface area (Å²) in [5, 5.41) is 0. The second-order valence-corrected chi connectivity index (χ2v) is 7.34. The molecule has 0 bridgehead atoms. The van der Waals surface area contributed by atoms with Crippen LogP contribution in [0.15, 0.2) is 53.7 Å². The zero-order chi connectivity index (χ0) is 21.1. The molecule has 0 radical (unpaired) electrons. The van der Waals surface area contributed by atoms with Gasteiger partial charge in [-0.3, -0.25) is 4.79 Å². The number of hydrogen-bond acceptors (Lipinski definition) is 4. The lowest BCUT2D eigenvalue weighted by molar-refractivity contribution is -0.114. The number of carbonyl (C=O) groups excluding carboxylic acids is 1. The number of imidazole rings is 1. The summed E-state index contributed by atoms with van der Waals surface area (Å²) in [6, 6.07) is 13.9. The lowest BCUT2D eigenvalue weighted by Gasteiger charge is -2.09. The molecule has 3 rings (SSSR count). The number of Topliss-reactive ketones (excluding diaryl/α,β-unsaturated/α-hetero) is 1. The average Bonchev–Trinajstić information content (AvgIpc) is 3.05. The van der Waals surface area contributed by atoms with Gasteiger partial charge in [-0.2, -0.15) is 0 Å². The Morgan fingerprint density at radius 1 is 1.07 bits per heavy atom. The lowest BCUT2D eigenvalue weighted by Crippen LogP contribution is -2.13. The number of benzene rings is 2. The van der Waals surface area contributed by atoms with Crippen molar-refractivity contribution < 1.29 is 9.53 Å². The molecule has 0 aliphatic rings. The first kappa shape index (κ1) is 20.4. The number of H-pyrrole nitrogens is 1. The molecule has 5 nitrogen and oxygen atoms in total. The monoisotopic (exact) mass is 389 g/mol. The lowest BCUT2D eigenvalue weighted by atomic mass is 10.0. The quantitative estimate of drug-likeness (QED) is 0.589. The van der Waals surface area contributed by atoms with Crippen LogP contribution in [0.25, 0.3) is 22.6 Å². The van der Waals surface area contributed by atoms with Crippen molar-refractivity contribution in [3.8, 4) is 28.4 Å². The second-order valence-electron chi connectivity index (χ2n) is 7.34. The first-order valence-electron chi connectivity index (χ1n) is 9.60. The van der Waals surface area contributed by atoms with Gasteiger partial charge in [0.1, 0.15) is 18.2 Å². The van der Waals surface area contributed by atoms with Gasteiger partial charge in [0.25, 0.3) is 0 Å². The van der Waals surface area contributed by atoms with Gasteiger partial charge < -0.3 is 15.5 Å². The van der Waals surface area contributed by atoms with Crippen molar-refractivity contribution in [1.29, 1.82) is 0 Å². The molecule has 0 saturated carbocycles. The molecule has 150 valence electrons. The summed E-state index contributed by atoms with van der Waals surface area (Å²) in [6.45, 7) is 9.60. The predicted molar refractivity (Wildman–Crippen MR) is 117 cm³/mol. The Bertz CT molecular complexity index is 1070. The van der Waals surface area contributed by atoms with Crippen molar-refractivity contribution in [2.75, 3.05) is 6.61 Å². The molecule has 1 aromatic heterocycles. The topological polar surface area (TPSA) is 81.0 Å². The van der Waals surface area contributed by atoms with E-state index in [0.717, 1.165) is 28.3 Å². The first-order chi connectivity index (χ1) is 13.8. The largest absolute Gasteiger partial charge is 0.489 e. The van der Waals surface area contributed by atoms with E-state index < -0.39 is 0 Å². The van der Waals surface area contributed by atoms with Crippen molar-refractivity contribution in [1.82, 2.24) is 9.97 Å². The molecule has 29 heavy (non-hydrogen) atoms. The molecular weight excluding hydrogens is 362 g/mol. The molecular formula is C24H27N3O2. The van der Waals surface area contributed by atoms with Crippen molar-refractivity contribution in [3.05, 3.63) is 70.6 Å². The number of rotatable bonds is 6.